The van der Waals surface area contributed by atoms with Gasteiger partial charge in [-0.2, -0.15) is 0 Å². The molecular formula is C17H18ClNOS. The number of rotatable bonds is 5. The van der Waals surface area contributed by atoms with Gasteiger partial charge in [-0.1, -0.05) is 48.0 Å². The number of para-hydroxylation sites is 1. The molecule has 0 spiro atoms. The summed E-state index contributed by atoms with van der Waals surface area (Å²) in [4.78, 5) is 12.0. The van der Waals surface area contributed by atoms with Crippen LogP contribution in [-0.2, 0) is 10.5 Å². The van der Waals surface area contributed by atoms with E-state index in [9.17, 15) is 4.79 Å². The Hall–Kier alpha value is -1.45. The number of hydrogen-bond donors (Lipinski definition) is 1. The fourth-order valence-corrected chi connectivity index (χ4v) is 3.17. The van der Waals surface area contributed by atoms with Crippen LogP contribution >= 0.6 is 23.4 Å². The third-order valence-electron chi connectivity index (χ3n) is 3.19. The maximum atomic E-state index is 12.0. The maximum absolute atomic E-state index is 12.0. The van der Waals surface area contributed by atoms with Gasteiger partial charge in [-0.05, 0) is 36.6 Å². The Kier molecular flexibility index (Phi) is 5.71. The van der Waals surface area contributed by atoms with Gasteiger partial charge < -0.3 is 5.32 Å². The number of hydrogen-bond acceptors (Lipinski definition) is 2. The second kappa shape index (κ2) is 7.53. The van der Waals surface area contributed by atoms with E-state index in [-0.39, 0.29) is 5.91 Å². The lowest BCUT2D eigenvalue weighted by Gasteiger charge is -2.11. The molecular weight excluding hydrogens is 302 g/mol. The summed E-state index contributed by atoms with van der Waals surface area (Å²) in [6, 6.07) is 13.7. The molecule has 0 bridgehead atoms. The molecule has 110 valence electrons. The van der Waals surface area contributed by atoms with Crippen molar-refractivity contribution in [2.45, 2.75) is 19.6 Å². The number of carbonyl (C=O) groups excluding carboxylic acids is 1. The Morgan fingerprint density at radius 2 is 1.76 bits per heavy atom. The predicted octanol–water partition coefficient (Wildman–Crippen LogP) is 4.83. The Morgan fingerprint density at radius 3 is 2.43 bits per heavy atom. The lowest BCUT2D eigenvalue weighted by atomic mass is 10.1. The summed E-state index contributed by atoms with van der Waals surface area (Å²) in [5, 5.41) is 3.74. The van der Waals surface area contributed by atoms with Gasteiger partial charge in [-0.3, -0.25) is 4.79 Å². The van der Waals surface area contributed by atoms with Crippen LogP contribution in [0.4, 0.5) is 5.69 Å². The van der Waals surface area contributed by atoms with E-state index in [1.807, 2.05) is 56.3 Å². The standard InChI is InChI=1S/C17H18ClNOS/c1-12-6-5-7-13(2)17(12)19-16(20)11-21-10-14-8-3-4-9-15(14)18/h3-9H,10-11H2,1-2H3,(H,19,20). The second-order valence-electron chi connectivity index (χ2n) is 4.90. The van der Waals surface area contributed by atoms with Crippen molar-refractivity contribution in [2.24, 2.45) is 0 Å². The highest BCUT2D eigenvalue weighted by Gasteiger charge is 2.08. The topological polar surface area (TPSA) is 29.1 Å². The molecule has 0 atom stereocenters. The number of carbonyl (C=O) groups is 1. The summed E-state index contributed by atoms with van der Waals surface area (Å²) >= 11 is 7.66. The van der Waals surface area contributed by atoms with Gasteiger partial charge >= 0.3 is 0 Å². The zero-order valence-corrected chi connectivity index (χ0v) is 13.7. The van der Waals surface area contributed by atoms with Crippen molar-refractivity contribution >= 4 is 35.0 Å². The molecule has 2 nitrogen and oxygen atoms in total. The van der Waals surface area contributed by atoms with Gasteiger partial charge in [-0.15, -0.1) is 11.8 Å². The molecule has 1 amide bonds. The Bertz CT molecular complexity index is 622. The minimum Gasteiger partial charge on any atom is -0.325 e. The van der Waals surface area contributed by atoms with Gasteiger partial charge in [0.15, 0.2) is 0 Å². The normalized spacial score (nSPS) is 10.4. The highest BCUT2D eigenvalue weighted by Crippen LogP contribution is 2.22. The minimum atomic E-state index is 0.0180. The van der Waals surface area contributed by atoms with Crippen molar-refractivity contribution in [3.05, 3.63) is 64.2 Å². The van der Waals surface area contributed by atoms with Gasteiger partial charge in [0, 0.05) is 16.5 Å². The molecule has 0 aliphatic heterocycles. The SMILES string of the molecule is Cc1cccc(C)c1NC(=O)CSCc1ccccc1Cl. The predicted molar refractivity (Wildman–Crippen MR) is 92.2 cm³/mol. The van der Waals surface area contributed by atoms with Gasteiger partial charge in [-0.25, -0.2) is 0 Å². The third kappa shape index (κ3) is 4.51. The lowest BCUT2D eigenvalue weighted by Crippen LogP contribution is -2.15. The van der Waals surface area contributed by atoms with Crippen molar-refractivity contribution < 1.29 is 4.79 Å². The van der Waals surface area contributed by atoms with Crippen LogP contribution in [0.3, 0.4) is 0 Å². The highest BCUT2D eigenvalue weighted by atomic mass is 35.5. The number of thioether (sulfide) groups is 1. The van der Waals surface area contributed by atoms with Crippen LogP contribution in [0.15, 0.2) is 42.5 Å². The van der Waals surface area contributed by atoms with Crippen molar-refractivity contribution in [1.29, 1.82) is 0 Å². The van der Waals surface area contributed by atoms with Crippen LogP contribution in [0.1, 0.15) is 16.7 Å². The molecule has 0 saturated carbocycles. The van der Waals surface area contributed by atoms with E-state index in [0.29, 0.717) is 5.75 Å². The quantitative estimate of drug-likeness (QED) is 0.855. The number of anilines is 1. The van der Waals surface area contributed by atoms with Crippen LogP contribution in [0.2, 0.25) is 5.02 Å². The number of aryl methyl sites for hydroxylation is 2. The van der Waals surface area contributed by atoms with Crippen molar-refractivity contribution in [3.63, 3.8) is 0 Å². The summed E-state index contributed by atoms with van der Waals surface area (Å²) in [6.45, 7) is 4.00. The maximum Gasteiger partial charge on any atom is 0.234 e. The van der Waals surface area contributed by atoms with Crippen molar-refractivity contribution in [2.75, 3.05) is 11.1 Å². The first-order valence-electron chi connectivity index (χ1n) is 6.75. The Labute approximate surface area is 134 Å². The van der Waals surface area contributed by atoms with Crippen molar-refractivity contribution in [1.82, 2.24) is 0 Å². The molecule has 0 aromatic heterocycles. The summed E-state index contributed by atoms with van der Waals surface area (Å²) in [5.74, 6) is 1.17. The molecule has 0 fully saturated rings. The molecule has 2 aromatic rings. The van der Waals surface area contributed by atoms with Crippen LogP contribution in [-0.4, -0.2) is 11.7 Å². The zero-order valence-electron chi connectivity index (χ0n) is 12.2. The summed E-state index contributed by atoms with van der Waals surface area (Å²) in [5.41, 5.74) is 4.14. The monoisotopic (exact) mass is 319 g/mol. The molecule has 1 N–H and O–H groups in total. The first-order chi connectivity index (χ1) is 10.1. The molecule has 0 unspecified atom stereocenters. The first kappa shape index (κ1) is 15.9. The van der Waals surface area contributed by atoms with Gasteiger partial charge in [0.05, 0.1) is 5.75 Å². The molecule has 21 heavy (non-hydrogen) atoms. The number of amides is 1. The van der Waals surface area contributed by atoms with E-state index >= 15 is 0 Å². The van der Waals surface area contributed by atoms with Crippen LogP contribution < -0.4 is 5.32 Å². The van der Waals surface area contributed by atoms with Crippen molar-refractivity contribution in [3.8, 4) is 0 Å². The summed E-state index contributed by atoms with van der Waals surface area (Å²) < 4.78 is 0. The summed E-state index contributed by atoms with van der Waals surface area (Å²) in [6.07, 6.45) is 0. The van der Waals surface area contributed by atoms with E-state index in [0.717, 1.165) is 33.2 Å². The average Bonchev–Trinajstić information content (AvgIpc) is 2.45. The first-order valence-corrected chi connectivity index (χ1v) is 8.28. The van der Waals surface area contributed by atoms with E-state index < -0.39 is 0 Å². The highest BCUT2D eigenvalue weighted by molar-refractivity contribution is 7.99. The van der Waals surface area contributed by atoms with E-state index in [1.54, 1.807) is 11.8 Å². The molecule has 0 heterocycles. The Balaban J connectivity index is 1.87. The number of nitrogens with one attached hydrogen (secondary N) is 1. The third-order valence-corrected chi connectivity index (χ3v) is 4.54. The molecule has 0 radical (unpaired) electrons. The van der Waals surface area contributed by atoms with E-state index in [2.05, 4.69) is 5.32 Å². The minimum absolute atomic E-state index is 0.0180. The molecule has 0 saturated heterocycles. The van der Waals surface area contributed by atoms with Gasteiger partial charge in [0.2, 0.25) is 5.91 Å². The number of halogens is 1. The van der Waals surface area contributed by atoms with Crippen LogP contribution in [0.5, 0.6) is 0 Å². The average molecular weight is 320 g/mol. The van der Waals surface area contributed by atoms with Crippen LogP contribution in [0, 0.1) is 13.8 Å². The molecule has 4 heteroatoms. The molecule has 2 aromatic carbocycles. The summed E-state index contributed by atoms with van der Waals surface area (Å²) in [7, 11) is 0. The van der Waals surface area contributed by atoms with E-state index in [1.165, 1.54) is 0 Å². The second-order valence-corrected chi connectivity index (χ2v) is 6.29. The molecule has 0 aliphatic carbocycles. The van der Waals surface area contributed by atoms with Gasteiger partial charge in [0.1, 0.15) is 0 Å². The van der Waals surface area contributed by atoms with E-state index in [4.69, 9.17) is 11.6 Å². The largest absolute Gasteiger partial charge is 0.325 e. The Morgan fingerprint density at radius 1 is 1.10 bits per heavy atom. The molecule has 2 rings (SSSR count). The van der Waals surface area contributed by atoms with Crippen LogP contribution in [0.25, 0.3) is 0 Å². The van der Waals surface area contributed by atoms with Gasteiger partial charge in [0.25, 0.3) is 0 Å². The number of benzene rings is 2. The fraction of sp³-hybridized carbons (Fsp3) is 0.235. The zero-order chi connectivity index (χ0) is 15.2. The smallest absolute Gasteiger partial charge is 0.234 e. The molecule has 0 aliphatic rings. The lowest BCUT2D eigenvalue weighted by molar-refractivity contribution is -0.113. The fourth-order valence-electron chi connectivity index (χ4n) is 2.06.